The number of rotatable bonds is 0. The summed E-state index contributed by atoms with van der Waals surface area (Å²) < 4.78 is 5.01. The topological polar surface area (TPSA) is 17.1 Å². The number of hydrogen-bond donors (Lipinski definition) is 0. The van der Waals surface area contributed by atoms with Gasteiger partial charge >= 0.3 is 110 Å². The van der Waals surface area contributed by atoms with Gasteiger partial charge in [0.15, 0.2) is 0 Å². The number of hydrogen-bond acceptors (Lipinski definition) is 1. The molecular formula is C9H2Br2OSe2. The predicted octanol–water partition coefficient (Wildman–Crippen LogP) is 2.54. The van der Waals surface area contributed by atoms with E-state index < -0.39 is 0 Å². The molecule has 2 aromatic heterocycles. The molecule has 1 nitrogen and oxygen atoms in total. The van der Waals surface area contributed by atoms with Crippen molar-refractivity contribution in [1.82, 2.24) is 0 Å². The van der Waals surface area contributed by atoms with E-state index >= 15 is 0 Å². The zero-order valence-electron chi connectivity index (χ0n) is 6.64. The van der Waals surface area contributed by atoms with Crippen molar-refractivity contribution in [3.63, 3.8) is 0 Å². The van der Waals surface area contributed by atoms with Crippen molar-refractivity contribution in [2.45, 2.75) is 0 Å². The number of carbonyl (C=O) groups is 1. The van der Waals surface area contributed by atoms with Gasteiger partial charge in [0.05, 0.1) is 0 Å². The fourth-order valence-electron chi connectivity index (χ4n) is 1.54. The minimum absolute atomic E-state index is 0.225. The molecule has 0 aromatic carbocycles. The third kappa shape index (κ3) is 1.27. The molecule has 0 bridgehead atoms. The number of fused-ring (bicyclic) bond motifs is 3. The number of halogens is 2. The van der Waals surface area contributed by atoms with Gasteiger partial charge in [-0.15, -0.1) is 0 Å². The van der Waals surface area contributed by atoms with E-state index in [9.17, 15) is 4.79 Å². The van der Waals surface area contributed by atoms with Crippen LogP contribution in [0.2, 0.25) is 0 Å². The maximum atomic E-state index is 11.9. The molecule has 0 saturated heterocycles. The summed E-state index contributed by atoms with van der Waals surface area (Å²) in [6.07, 6.45) is 0. The Morgan fingerprint density at radius 2 is 1.36 bits per heavy atom. The Labute approximate surface area is 109 Å². The summed E-state index contributed by atoms with van der Waals surface area (Å²) >= 11 is 7.63. The molecule has 0 spiro atoms. The van der Waals surface area contributed by atoms with E-state index in [1.165, 1.54) is 15.6 Å². The Morgan fingerprint density at radius 1 is 0.929 bits per heavy atom. The Hall–Kier alpha value is 0.629. The third-order valence-electron chi connectivity index (χ3n) is 2.10. The molecule has 0 fully saturated rings. The van der Waals surface area contributed by atoms with Gasteiger partial charge in [0.25, 0.3) is 0 Å². The molecule has 2 heterocycles. The first-order valence-corrected chi connectivity index (χ1v) is 8.82. The molecule has 14 heavy (non-hydrogen) atoms. The standard InChI is InChI=1S/C9H2Br2OSe2/c10-5-1-3-7(12)4-2-6(11)14-9(4)8(3)13-5/h1-2H. The molecule has 0 N–H and O–H groups in total. The van der Waals surface area contributed by atoms with Gasteiger partial charge in [-0.05, 0) is 0 Å². The molecule has 2 aromatic rings. The van der Waals surface area contributed by atoms with Crippen LogP contribution in [0.15, 0.2) is 18.8 Å². The average molecular weight is 444 g/mol. The maximum absolute atomic E-state index is 11.9. The Morgan fingerprint density at radius 3 is 1.79 bits per heavy atom. The second-order valence-electron chi connectivity index (χ2n) is 2.92. The summed E-state index contributed by atoms with van der Waals surface area (Å²) in [6, 6.07) is 3.99. The van der Waals surface area contributed by atoms with Gasteiger partial charge in [0.1, 0.15) is 0 Å². The zero-order valence-corrected chi connectivity index (χ0v) is 13.2. The van der Waals surface area contributed by atoms with Crippen molar-refractivity contribution in [3.8, 4) is 8.87 Å². The van der Waals surface area contributed by atoms with Gasteiger partial charge in [-0.1, -0.05) is 0 Å². The minimum atomic E-state index is 0.225. The van der Waals surface area contributed by atoms with E-state index in [2.05, 4.69) is 31.9 Å². The molecule has 0 amide bonds. The van der Waals surface area contributed by atoms with E-state index in [1.807, 2.05) is 12.1 Å². The Bertz CT molecular complexity index is 505. The predicted molar refractivity (Wildman–Crippen MR) is 64.6 cm³/mol. The summed E-state index contributed by atoms with van der Waals surface area (Å²) in [6.45, 7) is 0. The molecule has 0 aliphatic heterocycles. The van der Waals surface area contributed by atoms with Crippen LogP contribution < -0.4 is 0 Å². The first-order chi connectivity index (χ1) is 6.66. The average Bonchev–Trinajstić information content (AvgIpc) is 2.71. The van der Waals surface area contributed by atoms with Crippen LogP contribution in [0.5, 0.6) is 0 Å². The fraction of sp³-hybridized carbons (Fsp3) is 0. The van der Waals surface area contributed by atoms with Gasteiger partial charge in [0, 0.05) is 0 Å². The van der Waals surface area contributed by atoms with E-state index in [0.29, 0.717) is 29.0 Å². The zero-order chi connectivity index (χ0) is 9.87. The van der Waals surface area contributed by atoms with Crippen LogP contribution in [-0.2, 0) is 0 Å². The molecule has 5 heteroatoms. The SMILES string of the molecule is O=C1c2cc(Br)[se]c2-c2[se]c(Br)cc21. The molecule has 1 aliphatic carbocycles. The van der Waals surface area contributed by atoms with E-state index in [1.54, 1.807) is 0 Å². The molecule has 0 unspecified atom stereocenters. The molecule has 70 valence electrons. The first kappa shape index (κ1) is 9.83. The molecule has 0 radical (unpaired) electrons. The van der Waals surface area contributed by atoms with Crippen LogP contribution in [0.3, 0.4) is 0 Å². The van der Waals surface area contributed by atoms with Crippen LogP contribution in [-0.4, -0.2) is 34.8 Å². The third-order valence-corrected chi connectivity index (χ3v) is 8.84. The van der Waals surface area contributed by atoms with Crippen LogP contribution in [0.1, 0.15) is 15.9 Å². The van der Waals surface area contributed by atoms with Crippen molar-refractivity contribution >= 4 is 66.7 Å². The van der Waals surface area contributed by atoms with Crippen molar-refractivity contribution in [3.05, 3.63) is 30.0 Å². The van der Waals surface area contributed by atoms with Gasteiger partial charge in [0.2, 0.25) is 0 Å². The van der Waals surface area contributed by atoms with Crippen LogP contribution >= 0.6 is 31.9 Å². The van der Waals surface area contributed by atoms with Crippen molar-refractivity contribution in [2.24, 2.45) is 0 Å². The van der Waals surface area contributed by atoms with Crippen molar-refractivity contribution in [1.29, 1.82) is 0 Å². The molecule has 0 atom stereocenters. The number of carbonyl (C=O) groups excluding carboxylic acids is 1. The Kier molecular flexibility index (Phi) is 2.32. The molecular weight excluding hydrogens is 442 g/mol. The number of ketones is 1. The summed E-state index contributed by atoms with van der Waals surface area (Å²) in [5.74, 6) is 0.225. The van der Waals surface area contributed by atoms with Crippen molar-refractivity contribution < 1.29 is 4.79 Å². The van der Waals surface area contributed by atoms with Gasteiger partial charge in [-0.2, -0.15) is 0 Å². The summed E-state index contributed by atoms with van der Waals surface area (Å²) in [7, 11) is 0. The van der Waals surface area contributed by atoms with Gasteiger partial charge in [-0.25, -0.2) is 0 Å². The van der Waals surface area contributed by atoms with E-state index in [-0.39, 0.29) is 5.78 Å². The van der Waals surface area contributed by atoms with Crippen LogP contribution in [0.4, 0.5) is 0 Å². The van der Waals surface area contributed by atoms with Crippen LogP contribution in [0, 0.1) is 0 Å². The molecule has 1 aliphatic rings. The monoisotopic (exact) mass is 444 g/mol. The van der Waals surface area contributed by atoms with Gasteiger partial charge < -0.3 is 0 Å². The normalized spacial score (nSPS) is 13.1. The molecule has 3 rings (SSSR count). The summed E-state index contributed by atoms with van der Waals surface area (Å²) in [5, 5.41) is 0. The summed E-state index contributed by atoms with van der Waals surface area (Å²) in [4.78, 5) is 11.9. The second kappa shape index (κ2) is 3.31. The molecule has 0 saturated carbocycles. The van der Waals surface area contributed by atoms with E-state index in [0.717, 1.165) is 11.1 Å². The second-order valence-corrected chi connectivity index (χ2v) is 11.4. The van der Waals surface area contributed by atoms with E-state index in [4.69, 9.17) is 0 Å². The van der Waals surface area contributed by atoms with Crippen molar-refractivity contribution in [2.75, 3.05) is 0 Å². The Balaban J connectivity index is 2.37. The van der Waals surface area contributed by atoms with Crippen LogP contribution in [0.25, 0.3) is 8.87 Å². The first-order valence-electron chi connectivity index (χ1n) is 3.80. The van der Waals surface area contributed by atoms with Gasteiger partial charge in [-0.3, -0.25) is 0 Å². The quantitative estimate of drug-likeness (QED) is 0.488. The fourth-order valence-corrected chi connectivity index (χ4v) is 8.10. The summed E-state index contributed by atoms with van der Waals surface area (Å²) in [5.41, 5.74) is 1.89.